The van der Waals surface area contributed by atoms with Gasteiger partial charge in [0.1, 0.15) is 0 Å². The van der Waals surface area contributed by atoms with Gasteiger partial charge in [-0.3, -0.25) is 0 Å². The second kappa shape index (κ2) is 12.6. The van der Waals surface area contributed by atoms with Gasteiger partial charge in [-0.2, -0.15) is 0 Å². The van der Waals surface area contributed by atoms with Crippen molar-refractivity contribution in [3.8, 4) is 0 Å². The summed E-state index contributed by atoms with van der Waals surface area (Å²) in [5, 5.41) is 14.9. The molecule has 0 radical (unpaired) electrons. The van der Waals surface area contributed by atoms with Gasteiger partial charge in [-0.25, -0.2) is 0 Å². The van der Waals surface area contributed by atoms with Gasteiger partial charge in [0, 0.05) is 6.04 Å². The number of ether oxygens (including phenoxy) is 1. The van der Waals surface area contributed by atoms with Crippen molar-refractivity contribution in [1.82, 2.24) is 24.8 Å². The number of cyclic esters (lactones) is 1. The van der Waals surface area contributed by atoms with Crippen LogP contribution in [0.15, 0.2) is 30.6 Å². The van der Waals surface area contributed by atoms with Crippen molar-refractivity contribution in [2.24, 2.45) is 0 Å². The van der Waals surface area contributed by atoms with E-state index in [1.165, 1.54) is 55.5 Å². The molecule has 0 N–H and O–H groups in total. The zero-order chi connectivity index (χ0) is 26.4. The van der Waals surface area contributed by atoms with Crippen LogP contribution in [0, 0.1) is 0 Å². The molecule has 1 fully saturated rings. The molecular formula is C28H44N6O2Sn. The SMILES string of the molecule is CCC[CH2][Sn]([CH2]CCC)([CH2]CCC)[c]1cn(C[C@H]2CN(c3ccc4c(cnn4C(C)C)c3)C(=O)O2)nn1. The summed E-state index contributed by atoms with van der Waals surface area (Å²) in [5.74, 6) is 0. The van der Waals surface area contributed by atoms with Crippen LogP contribution in [0.1, 0.15) is 79.2 Å². The van der Waals surface area contributed by atoms with Gasteiger partial charge in [0.15, 0.2) is 0 Å². The first-order valence-electron chi connectivity index (χ1n) is 14.3. The number of aromatic nitrogens is 5. The molecule has 4 rings (SSSR count). The van der Waals surface area contributed by atoms with Gasteiger partial charge in [-0.05, 0) is 13.8 Å². The first kappa shape index (κ1) is 27.9. The third kappa shape index (κ3) is 6.32. The average Bonchev–Trinajstić information content (AvgIpc) is 3.62. The Morgan fingerprint density at radius 3 is 2.35 bits per heavy atom. The van der Waals surface area contributed by atoms with E-state index in [-0.39, 0.29) is 18.2 Å². The normalized spacial score (nSPS) is 16.3. The fourth-order valence-electron chi connectivity index (χ4n) is 5.59. The number of rotatable bonds is 14. The molecular weight excluding hydrogens is 571 g/mol. The molecule has 1 atom stereocenters. The third-order valence-electron chi connectivity index (χ3n) is 7.75. The summed E-state index contributed by atoms with van der Waals surface area (Å²) in [7, 11) is 0. The maximum atomic E-state index is 12.8. The number of anilines is 1. The summed E-state index contributed by atoms with van der Waals surface area (Å²) < 4.78 is 15.1. The number of unbranched alkanes of at least 4 members (excludes halogenated alkanes) is 3. The quantitative estimate of drug-likeness (QED) is 0.199. The molecule has 8 nitrogen and oxygen atoms in total. The van der Waals surface area contributed by atoms with E-state index in [0.29, 0.717) is 13.1 Å². The van der Waals surface area contributed by atoms with E-state index in [2.05, 4.69) is 51.1 Å². The Kier molecular flexibility index (Phi) is 9.53. The molecule has 0 bridgehead atoms. The second-order valence-corrected chi connectivity index (χ2v) is 24.0. The van der Waals surface area contributed by atoms with Crippen molar-refractivity contribution in [2.75, 3.05) is 11.4 Å². The predicted molar refractivity (Wildman–Crippen MR) is 152 cm³/mol. The van der Waals surface area contributed by atoms with Crippen molar-refractivity contribution < 1.29 is 9.53 Å². The summed E-state index contributed by atoms with van der Waals surface area (Å²) in [4.78, 5) is 14.5. The van der Waals surface area contributed by atoms with E-state index in [1.807, 2.05) is 33.8 Å². The van der Waals surface area contributed by atoms with Crippen LogP contribution in [-0.4, -0.2) is 61.9 Å². The molecule has 1 aliphatic rings. The van der Waals surface area contributed by atoms with E-state index in [0.717, 1.165) is 16.6 Å². The topological polar surface area (TPSA) is 78.1 Å². The zero-order valence-corrected chi connectivity index (χ0v) is 26.2. The Balaban J connectivity index is 1.48. The minimum absolute atomic E-state index is 0.248. The van der Waals surface area contributed by atoms with Crippen LogP contribution < -0.4 is 8.61 Å². The summed E-state index contributed by atoms with van der Waals surface area (Å²) in [6.07, 6.45) is 11.1. The van der Waals surface area contributed by atoms with Crippen LogP contribution in [0.25, 0.3) is 10.9 Å². The molecule has 1 amide bonds. The average molecular weight is 615 g/mol. The van der Waals surface area contributed by atoms with Gasteiger partial charge in [0.2, 0.25) is 0 Å². The van der Waals surface area contributed by atoms with E-state index in [1.54, 1.807) is 4.90 Å². The first-order valence-corrected chi connectivity index (χ1v) is 21.7. The van der Waals surface area contributed by atoms with E-state index in [9.17, 15) is 4.79 Å². The molecule has 9 heteroatoms. The summed E-state index contributed by atoms with van der Waals surface area (Å²) in [5.41, 5.74) is 1.92. The molecule has 0 aliphatic carbocycles. The fraction of sp³-hybridized carbons (Fsp3) is 0.643. The molecule has 2 aromatic heterocycles. The van der Waals surface area contributed by atoms with Crippen LogP contribution in [0.2, 0.25) is 13.3 Å². The van der Waals surface area contributed by atoms with Gasteiger partial charge >= 0.3 is 206 Å². The van der Waals surface area contributed by atoms with Crippen LogP contribution in [0.3, 0.4) is 0 Å². The molecule has 3 aromatic rings. The van der Waals surface area contributed by atoms with Gasteiger partial charge in [-0.15, -0.1) is 0 Å². The van der Waals surface area contributed by atoms with Gasteiger partial charge in [0.05, 0.1) is 0 Å². The standard InChI is InChI=1S/C16H17N6O2.3C4H9.Sn/c1-11(2)22-15-4-3-13(7-12(15)8-18-22)21-10-14(24-16(21)23)9-20-6-5-17-19-20;3*1-3-4-2;/h3-4,6-8,11,14H,9-10H2,1-2H3;3*1,3-4H2,2H3;/t14-;;;;/m0..../s1. The molecule has 0 spiro atoms. The number of benzene rings is 1. The molecule has 202 valence electrons. The van der Waals surface area contributed by atoms with E-state index >= 15 is 0 Å². The van der Waals surface area contributed by atoms with Gasteiger partial charge in [-0.1, -0.05) is 0 Å². The monoisotopic (exact) mass is 616 g/mol. The van der Waals surface area contributed by atoms with Crippen LogP contribution in [-0.2, 0) is 11.3 Å². The summed E-state index contributed by atoms with van der Waals surface area (Å²) in [6.45, 7) is 12.2. The maximum absolute atomic E-state index is 12.8. The number of hydrogen-bond acceptors (Lipinski definition) is 5. The second-order valence-electron chi connectivity index (χ2n) is 11.0. The number of fused-ring (bicyclic) bond motifs is 1. The minimum atomic E-state index is -2.62. The van der Waals surface area contributed by atoms with Crippen LogP contribution in [0.5, 0.6) is 0 Å². The number of nitrogens with zero attached hydrogens (tertiary/aromatic N) is 6. The van der Waals surface area contributed by atoms with Crippen molar-refractivity contribution in [1.29, 1.82) is 0 Å². The number of hydrogen-bond donors (Lipinski definition) is 0. The Hall–Kier alpha value is -2.10. The molecule has 1 aromatic carbocycles. The van der Waals surface area contributed by atoms with E-state index < -0.39 is 18.4 Å². The molecule has 0 unspecified atom stereocenters. The van der Waals surface area contributed by atoms with Gasteiger partial charge in [0.25, 0.3) is 0 Å². The van der Waals surface area contributed by atoms with Crippen LogP contribution in [0.4, 0.5) is 10.5 Å². The Morgan fingerprint density at radius 2 is 1.73 bits per heavy atom. The first-order chi connectivity index (χ1) is 17.9. The third-order valence-corrected chi connectivity index (χ3v) is 22.7. The van der Waals surface area contributed by atoms with Crippen molar-refractivity contribution in [3.05, 3.63) is 30.6 Å². The number of amides is 1. The Bertz CT molecular complexity index is 1150. The van der Waals surface area contributed by atoms with Gasteiger partial charge < -0.3 is 0 Å². The predicted octanol–water partition coefficient (Wildman–Crippen LogP) is 6.29. The van der Waals surface area contributed by atoms with E-state index in [4.69, 9.17) is 9.84 Å². The zero-order valence-electron chi connectivity index (χ0n) is 23.3. The summed E-state index contributed by atoms with van der Waals surface area (Å²) in [6, 6.07) is 6.33. The van der Waals surface area contributed by atoms with Crippen molar-refractivity contribution in [3.63, 3.8) is 0 Å². The fourth-order valence-corrected chi connectivity index (χ4v) is 20.7. The molecule has 37 heavy (non-hydrogen) atoms. The molecule has 1 aliphatic heterocycles. The Labute approximate surface area is 225 Å². The van der Waals surface area contributed by atoms with Crippen molar-refractivity contribution in [2.45, 2.75) is 105 Å². The van der Waals surface area contributed by atoms with Crippen LogP contribution >= 0.6 is 0 Å². The molecule has 1 saturated heterocycles. The Morgan fingerprint density at radius 1 is 1.05 bits per heavy atom. The summed E-state index contributed by atoms with van der Waals surface area (Å²) >= 11 is -2.62. The number of carbonyl (C=O) groups is 1. The molecule has 3 heterocycles. The molecule has 0 saturated carbocycles. The van der Waals surface area contributed by atoms with Crippen molar-refractivity contribution >= 4 is 44.8 Å². The number of carbonyl (C=O) groups excluding carboxylic acids is 1.